The Balaban J connectivity index is 2.97. The third kappa shape index (κ3) is 2.88. The highest BCUT2D eigenvalue weighted by Crippen LogP contribution is 2.36. The summed E-state index contributed by atoms with van der Waals surface area (Å²) < 4.78 is 5.50. The van der Waals surface area contributed by atoms with E-state index in [0.717, 1.165) is 11.3 Å². The Hall–Kier alpha value is -0.760. The molecule has 0 heterocycles. The lowest BCUT2D eigenvalue weighted by molar-refractivity contribution is 0.356. The first-order chi connectivity index (χ1) is 6.55. The van der Waals surface area contributed by atoms with Crippen molar-refractivity contribution in [3.05, 3.63) is 42.5 Å². The molecule has 0 aromatic heterocycles. The average molecular weight is 255 g/mol. The molecule has 76 valence electrons. The Morgan fingerprint density at radius 3 is 2.64 bits per heavy atom. The van der Waals surface area contributed by atoms with Crippen LogP contribution in [-0.4, -0.2) is 6.61 Å². The minimum Gasteiger partial charge on any atom is -0.489 e. The van der Waals surface area contributed by atoms with Crippen LogP contribution in [0.5, 0.6) is 5.75 Å². The summed E-state index contributed by atoms with van der Waals surface area (Å²) in [5.74, 6) is 0.911. The quantitative estimate of drug-likeness (QED) is 0.586. The average Bonchev–Trinajstić information content (AvgIpc) is 2.14. The maximum atomic E-state index is 5.56. The molecular formula is C12H15BrO. The summed E-state index contributed by atoms with van der Waals surface area (Å²) in [6.07, 6.45) is 1.75. The lowest BCUT2D eigenvalue weighted by Gasteiger charge is -2.20. The molecule has 14 heavy (non-hydrogen) atoms. The van der Waals surface area contributed by atoms with Crippen molar-refractivity contribution in [3.8, 4) is 5.75 Å². The summed E-state index contributed by atoms with van der Waals surface area (Å²) in [7, 11) is 0. The number of rotatable bonds is 4. The minimum atomic E-state index is -0.0647. The normalized spacial score (nSPS) is 11.1. The molecule has 0 N–H and O–H groups in total. The van der Waals surface area contributed by atoms with Crippen molar-refractivity contribution < 1.29 is 4.74 Å². The van der Waals surface area contributed by atoms with Crippen molar-refractivity contribution in [2.24, 2.45) is 0 Å². The lowest BCUT2D eigenvalue weighted by atomic mass is 10.0. The van der Waals surface area contributed by atoms with Crippen molar-refractivity contribution in [1.29, 1.82) is 0 Å². The fourth-order valence-corrected chi connectivity index (χ4v) is 1.56. The first-order valence-corrected chi connectivity index (χ1v) is 5.37. The summed E-state index contributed by atoms with van der Waals surface area (Å²) in [5.41, 5.74) is 1.15. The molecule has 0 fully saturated rings. The molecule has 0 amide bonds. The second-order valence-electron chi connectivity index (χ2n) is 3.57. The second-order valence-corrected chi connectivity index (χ2v) is 5.55. The topological polar surface area (TPSA) is 9.23 Å². The summed E-state index contributed by atoms with van der Waals surface area (Å²) >= 11 is 3.62. The number of ether oxygens (including phenoxy) is 1. The molecule has 1 rings (SSSR count). The maximum Gasteiger partial charge on any atom is 0.124 e. The van der Waals surface area contributed by atoms with E-state index in [4.69, 9.17) is 4.74 Å². The van der Waals surface area contributed by atoms with Crippen LogP contribution in [0.15, 0.2) is 36.9 Å². The molecule has 0 atom stereocenters. The second kappa shape index (κ2) is 4.65. The number of alkyl halides is 1. The van der Waals surface area contributed by atoms with Gasteiger partial charge >= 0.3 is 0 Å². The van der Waals surface area contributed by atoms with Crippen LogP contribution in [0.25, 0.3) is 0 Å². The summed E-state index contributed by atoms with van der Waals surface area (Å²) in [6, 6.07) is 8.02. The molecule has 0 bridgehead atoms. The van der Waals surface area contributed by atoms with Gasteiger partial charge in [0.1, 0.15) is 12.4 Å². The highest BCUT2D eigenvalue weighted by Gasteiger charge is 2.19. The van der Waals surface area contributed by atoms with Crippen LogP contribution in [0.3, 0.4) is 0 Å². The number of para-hydroxylation sites is 1. The van der Waals surface area contributed by atoms with Gasteiger partial charge in [-0.05, 0) is 19.9 Å². The van der Waals surface area contributed by atoms with Crippen LogP contribution < -0.4 is 4.74 Å². The monoisotopic (exact) mass is 254 g/mol. The molecule has 1 nitrogen and oxygen atoms in total. The molecule has 0 spiro atoms. The van der Waals surface area contributed by atoms with Gasteiger partial charge in [-0.1, -0.05) is 46.8 Å². The Morgan fingerprint density at radius 1 is 1.43 bits per heavy atom. The summed E-state index contributed by atoms with van der Waals surface area (Å²) in [4.78, 5) is 0. The van der Waals surface area contributed by atoms with Gasteiger partial charge in [-0.3, -0.25) is 0 Å². The van der Waals surface area contributed by atoms with E-state index in [2.05, 4.69) is 42.4 Å². The van der Waals surface area contributed by atoms with Gasteiger partial charge in [-0.15, -0.1) is 0 Å². The van der Waals surface area contributed by atoms with Gasteiger partial charge in [0.2, 0.25) is 0 Å². The smallest absolute Gasteiger partial charge is 0.124 e. The van der Waals surface area contributed by atoms with Crippen LogP contribution in [0, 0.1) is 0 Å². The molecule has 1 aromatic rings. The van der Waals surface area contributed by atoms with E-state index in [1.54, 1.807) is 6.08 Å². The molecule has 0 saturated carbocycles. The minimum absolute atomic E-state index is 0.0647. The Labute approximate surface area is 93.9 Å². The maximum absolute atomic E-state index is 5.56. The molecule has 0 aliphatic carbocycles. The standard InChI is InChI=1S/C12H15BrO/c1-4-9-14-11-8-6-5-7-10(11)12(2,3)13/h4-8H,1,9H2,2-3H3. The van der Waals surface area contributed by atoms with Crippen molar-refractivity contribution in [2.75, 3.05) is 6.61 Å². The predicted molar refractivity (Wildman–Crippen MR) is 64.1 cm³/mol. The largest absolute Gasteiger partial charge is 0.489 e. The van der Waals surface area contributed by atoms with Crippen molar-refractivity contribution in [1.82, 2.24) is 0 Å². The molecule has 0 unspecified atom stereocenters. The highest BCUT2D eigenvalue weighted by molar-refractivity contribution is 9.09. The highest BCUT2D eigenvalue weighted by atomic mass is 79.9. The van der Waals surface area contributed by atoms with Gasteiger partial charge in [0.25, 0.3) is 0 Å². The third-order valence-electron chi connectivity index (χ3n) is 1.88. The van der Waals surface area contributed by atoms with E-state index in [9.17, 15) is 0 Å². The van der Waals surface area contributed by atoms with E-state index >= 15 is 0 Å². The SMILES string of the molecule is C=CCOc1ccccc1C(C)(C)Br. The fraction of sp³-hybridized carbons (Fsp3) is 0.333. The van der Waals surface area contributed by atoms with E-state index < -0.39 is 0 Å². The first-order valence-electron chi connectivity index (χ1n) is 4.58. The molecule has 0 saturated heterocycles. The van der Waals surface area contributed by atoms with E-state index in [1.165, 1.54) is 0 Å². The van der Waals surface area contributed by atoms with E-state index in [1.807, 2.05) is 18.2 Å². The molecule has 0 radical (unpaired) electrons. The van der Waals surface area contributed by atoms with E-state index in [-0.39, 0.29) is 4.32 Å². The van der Waals surface area contributed by atoms with Gasteiger partial charge < -0.3 is 4.74 Å². The molecule has 0 aliphatic heterocycles. The zero-order valence-electron chi connectivity index (χ0n) is 8.59. The molecular weight excluding hydrogens is 240 g/mol. The van der Waals surface area contributed by atoms with Crippen molar-refractivity contribution >= 4 is 15.9 Å². The number of hydrogen-bond donors (Lipinski definition) is 0. The van der Waals surface area contributed by atoms with Gasteiger partial charge in [-0.25, -0.2) is 0 Å². The number of halogens is 1. The van der Waals surface area contributed by atoms with E-state index in [0.29, 0.717) is 6.61 Å². The number of hydrogen-bond acceptors (Lipinski definition) is 1. The van der Waals surface area contributed by atoms with Crippen LogP contribution in [0.2, 0.25) is 0 Å². The van der Waals surface area contributed by atoms with Crippen LogP contribution >= 0.6 is 15.9 Å². The zero-order valence-corrected chi connectivity index (χ0v) is 10.2. The Kier molecular flexibility index (Phi) is 3.76. The third-order valence-corrected chi connectivity index (χ3v) is 2.31. The molecule has 0 aliphatic rings. The summed E-state index contributed by atoms with van der Waals surface area (Å²) in [5, 5.41) is 0. The fourth-order valence-electron chi connectivity index (χ4n) is 1.23. The van der Waals surface area contributed by atoms with Gasteiger partial charge in [-0.2, -0.15) is 0 Å². The predicted octanol–water partition coefficient (Wildman–Crippen LogP) is 3.88. The van der Waals surface area contributed by atoms with Gasteiger partial charge in [0.05, 0.1) is 0 Å². The van der Waals surface area contributed by atoms with Crippen molar-refractivity contribution in [2.45, 2.75) is 18.2 Å². The molecule has 2 heteroatoms. The Bertz CT molecular complexity index is 312. The Morgan fingerprint density at radius 2 is 2.07 bits per heavy atom. The van der Waals surface area contributed by atoms with Crippen LogP contribution in [-0.2, 0) is 4.32 Å². The summed E-state index contributed by atoms with van der Waals surface area (Å²) in [6.45, 7) is 8.37. The lowest BCUT2D eigenvalue weighted by Crippen LogP contribution is -2.09. The first kappa shape index (κ1) is 11.3. The molecule has 1 aromatic carbocycles. The van der Waals surface area contributed by atoms with Gasteiger partial charge in [0, 0.05) is 9.89 Å². The van der Waals surface area contributed by atoms with Crippen LogP contribution in [0.4, 0.5) is 0 Å². The van der Waals surface area contributed by atoms with Crippen molar-refractivity contribution in [3.63, 3.8) is 0 Å². The van der Waals surface area contributed by atoms with Crippen LogP contribution in [0.1, 0.15) is 19.4 Å². The van der Waals surface area contributed by atoms with Gasteiger partial charge in [0.15, 0.2) is 0 Å². The zero-order chi connectivity index (χ0) is 10.6. The number of benzene rings is 1.